The minimum absolute atomic E-state index is 0.154. The lowest BCUT2D eigenvalue weighted by molar-refractivity contribution is -0.118. The SMILES string of the molecule is CC(C)COc1cccc(NC(=O)COc2ccc(Cl)cc2Cl)c1. The average Bonchev–Trinajstić information content (AvgIpc) is 2.52. The maximum atomic E-state index is 12.0. The van der Waals surface area contributed by atoms with E-state index in [4.69, 9.17) is 32.7 Å². The molecule has 0 aliphatic carbocycles. The maximum absolute atomic E-state index is 12.0. The molecule has 0 saturated heterocycles. The summed E-state index contributed by atoms with van der Waals surface area (Å²) >= 11 is 11.8. The molecule has 0 aromatic heterocycles. The summed E-state index contributed by atoms with van der Waals surface area (Å²) in [6.07, 6.45) is 0. The van der Waals surface area contributed by atoms with Gasteiger partial charge in [0, 0.05) is 16.8 Å². The van der Waals surface area contributed by atoms with E-state index in [9.17, 15) is 4.79 Å². The molecular formula is C18H19Cl2NO3. The summed E-state index contributed by atoms with van der Waals surface area (Å²) in [4.78, 5) is 12.0. The highest BCUT2D eigenvalue weighted by Crippen LogP contribution is 2.27. The highest BCUT2D eigenvalue weighted by Gasteiger charge is 2.08. The molecule has 0 saturated carbocycles. The van der Waals surface area contributed by atoms with Crippen molar-refractivity contribution >= 4 is 34.8 Å². The lowest BCUT2D eigenvalue weighted by Gasteiger charge is -2.11. The van der Waals surface area contributed by atoms with Gasteiger partial charge >= 0.3 is 0 Å². The Morgan fingerprint density at radius 1 is 1.12 bits per heavy atom. The second-order valence-corrected chi connectivity index (χ2v) is 6.49. The Morgan fingerprint density at radius 2 is 1.92 bits per heavy atom. The number of ether oxygens (including phenoxy) is 2. The molecule has 0 bridgehead atoms. The van der Waals surface area contributed by atoms with Crippen LogP contribution in [0.3, 0.4) is 0 Å². The second-order valence-electron chi connectivity index (χ2n) is 5.64. The number of carbonyl (C=O) groups excluding carboxylic acids is 1. The molecule has 6 heteroatoms. The first-order valence-corrected chi connectivity index (χ1v) is 8.30. The molecule has 0 fully saturated rings. The molecule has 0 heterocycles. The molecule has 0 atom stereocenters. The van der Waals surface area contributed by atoms with E-state index in [2.05, 4.69) is 19.2 Å². The number of halogens is 2. The van der Waals surface area contributed by atoms with Gasteiger partial charge in [-0.25, -0.2) is 0 Å². The third-order valence-electron chi connectivity index (χ3n) is 2.95. The zero-order valence-corrected chi connectivity index (χ0v) is 15.0. The fourth-order valence-corrected chi connectivity index (χ4v) is 2.32. The molecule has 0 spiro atoms. The van der Waals surface area contributed by atoms with Gasteiger partial charge in [0.1, 0.15) is 11.5 Å². The molecule has 24 heavy (non-hydrogen) atoms. The molecule has 0 aliphatic heterocycles. The van der Waals surface area contributed by atoms with Crippen LogP contribution < -0.4 is 14.8 Å². The zero-order valence-electron chi connectivity index (χ0n) is 13.5. The molecule has 0 unspecified atom stereocenters. The van der Waals surface area contributed by atoms with Gasteiger partial charge in [0.15, 0.2) is 6.61 Å². The van der Waals surface area contributed by atoms with Crippen LogP contribution in [0.5, 0.6) is 11.5 Å². The average molecular weight is 368 g/mol. The number of carbonyl (C=O) groups is 1. The van der Waals surface area contributed by atoms with Crippen molar-refractivity contribution in [2.24, 2.45) is 5.92 Å². The molecule has 1 N–H and O–H groups in total. The lowest BCUT2D eigenvalue weighted by atomic mass is 10.2. The largest absolute Gasteiger partial charge is 0.493 e. The first-order valence-electron chi connectivity index (χ1n) is 7.54. The van der Waals surface area contributed by atoms with Gasteiger partial charge < -0.3 is 14.8 Å². The van der Waals surface area contributed by atoms with Crippen molar-refractivity contribution in [2.75, 3.05) is 18.5 Å². The normalized spacial score (nSPS) is 10.5. The van der Waals surface area contributed by atoms with Gasteiger partial charge in [-0.1, -0.05) is 43.1 Å². The van der Waals surface area contributed by atoms with Crippen LogP contribution in [0.15, 0.2) is 42.5 Å². The highest BCUT2D eigenvalue weighted by molar-refractivity contribution is 6.35. The topological polar surface area (TPSA) is 47.6 Å². The van der Waals surface area contributed by atoms with Crippen molar-refractivity contribution in [2.45, 2.75) is 13.8 Å². The van der Waals surface area contributed by atoms with Crippen LogP contribution in [0.4, 0.5) is 5.69 Å². The summed E-state index contributed by atoms with van der Waals surface area (Å²) in [5.74, 6) is 1.26. The molecule has 2 aromatic carbocycles. The minimum Gasteiger partial charge on any atom is -0.493 e. The lowest BCUT2D eigenvalue weighted by Crippen LogP contribution is -2.20. The molecule has 128 valence electrons. The maximum Gasteiger partial charge on any atom is 0.262 e. The van der Waals surface area contributed by atoms with Crippen molar-refractivity contribution < 1.29 is 14.3 Å². The molecule has 1 amide bonds. The van der Waals surface area contributed by atoms with Crippen LogP contribution in [-0.4, -0.2) is 19.1 Å². The highest BCUT2D eigenvalue weighted by atomic mass is 35.5. The third kappa shape index (κ3) is 5.95. The first-order chi connectivity index (χ1) is 11.4. The summed E-state index contributed by atoms with van der Waals surface area (Å²) in [5, 5.41) is 3.63. The number of nitrogens with one attached hydrogen (secondary N) is 1. The van der Waals surface area contributed by atoms with Crippen LogP contribution in [0, 0.1) is 5.92 Å². The van der Waals surface area contributed by atoms with E-state index in [1.165, 1.54) is 0 Å². The number of rotatable bonds is 7. The number of amides is 1. The number of benzene rings is 2. The summed E-state index contributed by atoms with van der Waals surface area (Å²) in [6.45, 7) is 4.61. The van der Waals surface area contributed by atoms with E-state index < -0.39 is 0 Å². The summed E-state index contributed by atoms with van der Waals surface area (Å²) in [5.41, 5.74) is 0.645. The van der Waals surface area contributed by atoms with Crippen LogP contribution in [-0.2, 0) is 4.79 Å². The van der Waals surface area contributed by atoms with Crippen LogP contribution in [0.25, 0.3) is 0 Å². The van der Waals surface area contributed by atoms with Gasteiger partial charge in [0.05, 0.1) is 11.6 Å². The van der Waals surface area contributed by atoms with E-state index in [1.807, 2.05) is 12.1 Å². The molecule has 2 aromatic rings. The van der Waals surface area contributed by atoms with Crippen molar-refractivity contribution in [1.82, 2.24) is 0 Å². The van der Waals surface area contributed by atoms with Crippen molar-refractivity contribution in [3.63, 3.8) is 0 Å². The Hall–Kier alpha value is -1.91. The monoisotopic (exact) mass is 367 g/mol. The minimum atomic E-state index is -0.290. The van der Waals surface area contributed by atoms with E-state index in [0.29, 0.717) is 39.8 Å². The Balaban J connectivity index is 1.89. The van der Waals surface area contributed by atoms with Gasteiger partial charge in [-0.3, -0.25) is 4.79 Å². The number of anilines is 1. The van der Waals surface area contributed by atoms with Crippen LogP contribution in [0.1, 0.15) is 13.8 Å². The number of hydrogen-bond acceptors (Lipinski definition) is 3. The molecule has 0 radical (unpaired) electrons. The fourth-order valence-electron chi connectivity index (χ4n) is 1.86. The Bertz CT molecular complexity index is 704. The second kappa shape index (κ2) is 8.81. The predicted octanol–water partition coefficient (Wildman–Crippen LogP) is 5.05. The standard InChI is InChI=1S/C18H19Cl2NO3/c1-12(2)10-23-15-5-3-4-14(9-15)21-18(22)11-24-17-7-6-13(19)8-16(17)20/h3-9,12H,10-11H2,1-2H3,(H,21,22). The van der Waals surface area contributed by atoms with Crippen LogP contribution >= 0.6 is 23.2 Å². The Labute approximate surface area is 151 Å². The van der Waals surface area contributed by atoms with Gasteiger partial charge in [0.25, 0.3) is 5.91 Å². The fraction of sp³-hybridized carbons (Fsp3) is 0.278. The van der Waals surface area contributed by atoms with Gasteiger partial charge in [-0.15, -0.1) is 0 Å². The van der Waals surface area contributed by atoms with E-state index >= 15 is 0 Å². The first kappa shape index (κ1) is 18.4. The summed E-state index contributed by atoms with van der Waals surface area (Å²) in [6, 6.07) is 12.1. The Morgan fingerprint density at radius 3 is 2.62 bits per heavy atom. The summed E-state index contributed by atoms with van der Waals surface area (Å²) in [7, 11) is 0. The molecular weight excluding hydrogens is 349 g/mol. The molecule has 4 nitrogen and oxygen atoms in total. The van der Waals surface area contributed by atoms with E-state index in [0.717, 1.165) is 0 Å². The quantitative estimate of drug-likeness (QED) is 0.744. The van der Waals surface area contributed by atoms with Crippen molar-refractivity contribution in [3.05, 3.63) is 52.5 Å². The zero-order chi connectivity index (χ0) is 17.5. The Kier molecular flexibility index (Phi) is 6.76. The van der Waals surface area contributed by atoms with E-state index in [-0.39, 0.29) is 12.5 Å². The van der Waals surface area contributed by atoms with Crippen molar-refractivity contribution in [3.8, 4) is 11.5 Å². The van der Waals surface area contributed by atoms with Crippen LogP contribution in [0.2, 0.25) is 10.0 Å². The summed E-state index contributed by atoms with van der Waals surface area (Å²) < 4.78 is 11.0. The predicted molar refractivity (Wildman–Crippen MR) is 97.4 cm³/mol. The van der Waals surface area contributed by atoms with Gasteiger partial charge in [0.2, 0.25) is 0 Å². The van der Waals surface area contributed by atoms with Gasteiger partial charge in [-0.2, -0.15) is 0 Å². The van der Waals surface area contributed by atoms with E-state index in [1.54, 1.807) is 30.3 Å². The number of hydrogen-bond donors (Lipinski definition) is 1. The van der Waals surface area contributed by atoms with Gasteiger partial charge in [-0.05, 0) is 36.2 Å². The smallest absolute Gasteiger partial charge is 0.262 e. The van der Waals surface area contributed by atoms with Crippen molar-refractivity contribution in [1.29, 1.82) is 0 Å². The molecule has 2 rings (SSSR count). The molecule has 0 aliphatic rings. The third-order valence-corrected chi connectivity index (χ3v) is 3.48.